The lowest BCUT2D eigenvalue weighted by molar-refractivity contribution is -0.146. The summed E-state index contributed by atoms with van der Waals surface area (Å²) in [6.45, 7) is 10.9. The highest BCUT2D eigenvalue weighted by Crippen LogP contribution is 2.13. The molecule has 1 amide bonds. The highest BCUT2D eigenvalue weighted by Gasteiger charge is 2.28. The number of amides is 1. The SMILES string of the molecule is CCOC(=O)C[C@H](O)[C@H](NC(=O)OC(C)(C)C)C(C)C. The standard InChI is InChI=1S/C14H27NO5/c1-7-19-11(17)8-10(16)12(9(2)3)15-13(18)20-14(4,5)6/h9-10,12,16H,7-8H2,1-6H3,(H,15,18)/t10-,12+/m0/s1. The van der Waals surface area contributed by atoms with Crippen LogP contribution in [0.4, 0.5) is 4.79 Å². The van der Waals surface area contributed by atoms with Crippen LogP contribution in [0.1, 0.15) is 48.0 Å². The monoisotopic (exact) mass is 289 g/mol. The first-order chi connectivity index (χ1) is 9.06. The number of carbonyl (C=O) groups is 2. The fourth-order valence-electron chi connectivity index (χ4n) is 1.67. The van der Waals surface area contributed by atoms with Crippen LogP contribution in [-0.4, -0.2) is 41.5 Å². The number of aliphatic hydroxyl groups is 1. The molecule has 2 N–H and O–H groups in total. The summed E-state index contributed by atoms with van der Waals surface area (Å²) >= 11 is 0. The third-order valence-electron chi connectivity index (χ3n) is 2.50. The van der Waals surface area contributed by atoms with Crippen molar-refractivity contribution in [3.63, 3.8) is 0 Å². The number of carbonyl (C=O) groups excluding carboxylic acids is 2. The first-order valence-corrected chi connectivity index (χ1v) is 6.90. The molecule has 0 unspecified atom stereocenters. The van der Waals surface area contributed by atoms with E-state index in [4.69, 9.17) is 9.47 Å². The zero-order valence-corrected chi connectivity index (χ0v) is 13.2. The second-order valence-corrected chi connectivity index (χ2v) is 5.99. The molecule has 2 atom stereocenters. The van der Waals surface area contributed by atoms with E-state index in [9.17, 15) is 14.7 Å². The largest absolute Gasteiger partial charge is 0.466 e. The molecule has 0 rings (SSSR count). The quantitative estimate of drug-likeness (QED) is 0.729. The highest BCUT2D eigenvalue weighted by molar-refractivity contribution is 5.71. The van der Waals surface area contributed by atoms with Crippen LogP contribution in [-0.2, 0) is 14.3 Å². The topological polar surface area (TPSA) is 84.9 Å². The molecule has 0 aliphatic heterocycles. The van der Waals surface area contributed by atoms with Crippen molar-refractivity contribution in [1.29, 1.82) is 0 Å². The van der Waals surface area contributed by atoms with E-state index in [2.05, 4.69) is 5.32 Å². The van der Waals surface area contributed by atoms with Crippen molar-refractivity contribution in [3.05, 3.63) is 0 Å². The number of nitrogens with one attached hydrogen (secondary N) is 1. The van der Waals surface area contributed by atoms with E-state index in [0.717, 1.165) is 0 Å². The van der Waals surface area contributed by atoms with Gasteiger partial charge in [0.15, 0.2) is 0 Å². The Morgan fingerprint density at radius 1 is 1.25 bits per heavy atom. The second-order valence-electron chi connectivity index (χ2n) is 5.99. The average molecular weight is 289 g/mol. The molecule has 118 valence electrons. The zero-order valence-electron chi connectivity index (χ0n) is 13.2. The van der Waals surface area contributed by atoms with Gasteiger partial charge >= 0.3 is 12.1 Å². The summed E-state index contributed by atoms with van der Waals surface area (Å²) in [5, 5.41) is 12.7. The molecule has 20 heavy (non-hydrogen) atoms. The average Bonchev–Trinajstić information content (AvgIpc) is 2.22. The van der Waals surface area contributed by atoms with Gasteiger partial charge in [0.2, 0.25) is 0 Å². The molecular formula is C14H27NO5. The molecule has 0 radical (unpaired) electrons. The molecule has 0 spiro atoms. The van der Waals surface area contributed by atoms with E-state index in [-0.39, 0.29) is 18.9 Å². The Kier molecular flexibility index (Phi) is 7.57. The number of hydrogen-bond donors (Lipinski definition) is 2. The van der Waals surface area contributed by atoms with Gasteiger partial charge in [-0.15, -0.1) is 0 Å². The maximum Gasteiger partial charge on any atom is 0.407 e. The van der Waals surface area contributed by atoms with Gasteiger partial charge in [0.25, 0.3) is 0 Å². The van der Waals surface area contributed by atoms with Gasteiger partial charge in [-0.05, 0) is 33.6 Å². The van der Waals surface area contributed by atoms with Gasteiger partial charge in [-0.2, -0.15) is 0 Å². The Hall–Kier alpha value is -1.30. The molecule has 0 fully saturated rings. The molecule has 0 saturated heterocycles. The van der Waals surface area contributed by atoms with Crippen LogP contribution >= 0.6 is 0 Å². The number of alkyl carbamates (subject to hydrolysis) is 1. The van der Waals surface area contributed by atoms with Crippen molar-refractivity contribution < 1.29 is 24.2 Å². The van der Waals surface area contributed by atoms with E-state index in [1.807, 2.05) is 13.8 Å². The van der Waals surface area contributed by atoms with Gasteiger partial charge in [-0.3, -0.25) is 4.79 Å². The van der Waals surface area contributed by atoms with Crippen LogP contribution in [0, 0.1) is 5.92 Å². The molecule has 0 aromatic heterocycles. The van der Waals surface area contributed by atoms with Gasteiger partial charge in [-0.1, -0.05) is 13.8 Å². The lowest BCUT2D eigenvalue weighted by Crippen LogP contribution is -2.49. The van der Waals surface area contributed by atoms with E-state index in [0.29, 0.717) is 0 Å². The normalized spacial score (nSPS) is 14.6. The fourth-order valence-corrected chi connectivity index (χ4v) is 1.67. The summed E-state index contributed by atoms with van der Waals surface area (Å²) in [4.78, 5) is 23.1. The van der Waals surface area contributed by atoms with Crippen LogP contribution in [0.2, 0.25) is 0 Å². The van der Waals surface area contributed by atoms with Crippen molar-refractivity contribution in [2.24, 2.45) is 5.92 Å². The van der Waals surface area contributed by atoms with Crippen molar-refractivity contribution >= 4 is 12.1 Å². The molecule has 6 heteroatoms. The summed E-state index contributed by atoms with van der Waals surface area (Å²) in [6.07, 6.45) is -1.78. The fraction of sp³-hybridized carbons (Fsp3) is 0.857. The third kappa shape index (κ3) is 7.99. The van der Waals surface area contributed by atoms with E-state index < -0.39 is 29.8 Å². The van der Waals surface area contributed by atoms with Gasteiger partial charge in [0.1, 0.15) is 5.60 Å². The van der Waals surface area contributed by atoms with E-state index in [1.165, 1.54) is 0 Å². The van der Waals surface area contributed by atoms with E-state index >= 15 is 0 Å². The molecule has 0 heterocycles. The number of hydrogen-bond acceptors (Lipinski definition) is 5. The number of aliphatic hydroxyl groups excluding tert-OH is 1. The predicted molar refractivity (Wildman–Crippen MR) is 75.3 cm³/mol. The summed E-state index contributed by atoms with van der Waals surface area (Å²) in [7, 11) is 0. The third-order valence-corrected chi connectivity index (χ3v) is 2.50. The molecule has 0 saturated carbocycles. The minimum Gasteiger partial charge on any atom is -0.466 e. The number of rotatable bonds is 6. The van der Waals surface area contributed by atoms with Gasteiger partial charge < -0.3 is 19.9 Å². The summed E-state index contributed by atoms with van der Waals surface area (Å²) in [6, 6.07) is -0.575. The van der Waals surface area contributed by atoms with Crippen molar-refractivity contribution in [1.82, 2.24) is 5.32 Å². The second kappa shape index (κ2) is 8.09. The maximum absolute atomic E-state index is 11.7. The van der Waals surface area contributed by atoms with Gasteiger partial charge in [-0.25, -0.2) is 4.79 Å². The summed E-state index contributed by atoms with van der Waals surface area (Å²) < 4.78 is 9.93. The van der Waals surface area contributed by atoms with Crippen LogP contribution in [0.15, 0.2) is 0 Å². The maximum atomic E-state index is 11.7. The number of esters is 1. The molecule has 0 aromatic rings. The molecular weight excluding hydrogens is 262 g/mol. The molecule has 0 aliphatic rings. The Morgan fingerprint density at radius 3 is 2.20 bits per heavy atom. The van der Waals surface area contributed by atoms with Crippen molar-refractivity contribution in [2.75, 3.05) is 6.61 Å². The highest BCUT2D eigenvalue weighted by atomic mass is 16.6. The lowest BCUT2D eigenvalue weighted by Gasteiger charge is -2.28. The van der Waals surface area contributed by atoms with Crippen molar-refractivity contribution in [2.45, 2.75) is 65.7 Å². The van der Waals surface area contributed by atoms with Crippen LogP contribution in [0.25, 0.3) is 0 Å². The summed E-state index contributed by atoms with van der Waals surface area (Å²) in [5.74, 6) is -0.538. The smallest absolute Gasteiger partial charge is 0.407 e. The molecule has 0 aliphatic carbocycles. The Bertz CT molecular complexity index is 322. The first kappa shape index (κ1) is 18.7. The minimum absolute atomic E-state index is 0.0491. The molecule has 0 bridgehead atoms. The van der Waals surface area contributed by atoms with Gasteiger partial charge in [0.05, 0.1) is 25.2 Å². The zero-order chi connectivity index (χ0) is 15.9. The lowest BCUT2D eigenvalue weighted by atomic mass is 9.96. The van der Waals surface area contributed by atoms with Crippen LogP contribution in [0.5, 0.6) is 0 Å². The van der Waals surface area contributed by atoms with E-state index in [1.54, 1.807) is 27.7 Å². The minimum atomic E-state index is -1.01. The first-order valence-electron chi connectivity index (χ1n) is 6.90. The van der Waals surface area contributed by atoms with Gasteiger partial charge in [0, 0.05) is 0 Å². The Morgan fingerprint density at radius 2 is 1.80 bits per heavy atom. The Balaban J connectivity index is 4.56. The predicted octanol–water partition coefficient (Wildman–Crippen LogP) is 1.85. The van der Waals surface area contributed by atoms with Crippen LogP contribution in [0.3, 0.4) is 0 Å². The Labute approximate surface area is 120 Å². The van der Waals surface area contributed by atoms with Crippen LogP contribution < -0.4 is 5.32 Å². The summed E-state index contributed by atoms with van der Waals surface area (Å²) in [5.41, 5.74) is -0.613. The molecule has 0 aromatic carbocycles. The van der Waals surface area contributed by atoms with Crippen molar-refractivity contribution in [3.8, 4) is 0 Å². The molecule has 6 nitrogen and oxygen atoms in total. The number of ether oxygens (including phenoxy) is 2.